The Hall–Kier alpha value is -2.61. The number of hydrogen-bond donors (Lipinski definition) is 1. The molecule has 0 aliphatic rings. The molecule has 2 aromatic heterocycles. The molecule has 1 aromatic carbocycles. The van der Waals surface area contributed by atoms with Gasteiger partial charge in [-0.1, -0.05) is 53.0 Å². The quantitative estimate of drug-likeness (QED) is 0.359. The van der Waals surface area contributed by atoms with Gasteiger partial charge in [0.15, 0.2) is 0 Å². The Morgan fingerprint density at radius 3 is 2.33 bits per heavy atom. The second kappa shape index (κ2) is 10.5. The van der Waals surface area contributed by atoms with Crippen molar-refractivity contribution in [3.63, 3.8) is 0 Å². The number of allylic oxidation sites excluding steroid dienone is 1. The van der Waals surface area contributed by atoms with Crippen LogP contribution < -0.4 is 5.32 Å². The van der Waals surface area contributed by atoms with Gasteiger partial charge in [0.2, 0.25) is 0 Å². The highest BCUT2D eigenvalue weighted by molar-refractivity contribution is 6.34. The van der Waals surface area contributed by atoms with E-state index in [1.165, 1.54) is 30.5 Å². The lowest BCUT2D eigenvalue weighted by molar-refractivity contribution is -0.139. The largest absolute Gasteiger partial charge is 0.399 e. The second-order valence-electron chi connectivity index (χ2n) is 7.19. The molecular weight excluding hydrogens is 498 g/mol. The van der Waals surface area contributed by atoms with Crippen molar-refractivity contribution in [3.05, 3.63) is 98.0 Å². The molecule has 1 amide bonds. The number of aryl methyl sites for hydroxylation is 1. The van der Waals surface area contributed by atoms with Gasteiger partial charge in [-0.2, -0.15) is 13.2 Å². The minimum atomic E-state index is -4.55. The molecule has 1 unspecified atom stereocenters. The fourth-order valence-electron chi connectivity index (χ4n) is 3.07. The van der Waals surface area contributed by atoms with Crippen LogP contribution in [0.1, 0.15) is 38.7 Å². The summed E-state index contributed by atoms with van der Waals surface area (Å²) in [4.78, 5) is 20.5. The molecular formula is C23H17Cl3F3N3O. The number of halogens is 6. The molecule has 0 saturated heterocycles. The first-order valence-corrected chi connectivity index (χ1v) is 10.7. The molecule has 0 saturated carbocycles. The van der Waals surface area contributed by atoms with Crippen LogP contribution in [0, 0.1) is 6.92 Å². The first-order valence-electron chi connectivity index (χ1n) is 9.59. The van der Waals surface area contributed by atoms with Gasteiger partial charge in [0.25, 0.3) is 5.91 Å². The number of carbonyl (C=O) groups excluding carboxylic acids is 1. The number of hydrogen-bond acceptors (Lipinski definition) is 3. The number of rotatable bonds is 6. The Balaban J connectivity index is 1.76. The van der Waals surface area contributed by atoms with E-state index in [4.69, 9.17) is 34.8 Å². The lowest BCUT2D eigenvalue weighted by Crippen LogP contribution is -2.24. The number of nitrogens with one attached hydrogen (secondary N) is 1. The van der Waals surface area contributed by atoms with Gasteiger partial charge in [-0.15, -0.1) is 0 Å². The summed E-state index contributed by atoms with van der Waals surface area (Å²) in [7, 11) is 0. The number of benzene rings is 1. The summed E-state index contributed by atoms with van der Waals surface area (Å²) in [5, 5.41) is 3.29. The zero-order valence-corrected chi connectivity index (χ0v) is 19.4. The van der Waals surface area contributed by atoms with Crippen LogP contribution >= 0.6 is 34.8 Å². The van der Waals surface area contributed by atoms with Crippen LogP contribution in [0.2, 0.25) is 15.2 Å². The number of pyridine rings is 2. The van der Waals surface area contributed by atoms with E-state index in [9.17, 15) is 18.0 Å². The minimum absolute atomic E-state index is 0.0754. The predicted octanol–water partition coefficient (Wildman–Crippen LogP) is 7.03. The van der Waals surface area contributed by atoms with Crippen LogP contribution in [-0.2, 0) is 6.54 Å². The van der Waals surface area contributed by atoms with Crippen molar-refractivity contribution in [2.75, 3.05) is 0 Å². The summed E-state index contributed by atoms with van der Waals surface area (Å²) in [6.45, 7) is 1.88. The van der Waals surface area contributed by atoms with E-state index in [0.29, 0.717) is 16.3 Å². The van der Waals surface area contributed by atoms with Crippen LogP contribution in [-0.4, -0.2) is 22.1 Å². The van der Waals surface area contributed by atoms with Crippen LogP contribution in [0.3, 0.4) is 0 Å². The van der Waals surface area contributed by atoms with Crippen molar-refractivity contribution < 1.29 is 18.0 Å². The number of nitrogens with zero attached hydrogens (tertiary/aromatic N) is 2. The van der Waals surface area contributed by atoms with Crippen molar-refractivity contribution in [1.82, 2.24) is 15.3 Å². The Labute approximate surface area is 203 Å². The third kappa shape index (κ3) is 6.93. The number of aromatic nitrogens is 2. The summed E-state index contributed by atoms with van der Waals surface area (Å²) in [6.07, 6.45) is 0.630. The maximum atomic E-state index is 13.7. The standard InChI is InChI=1S/C23H17Cl3F3N3O/c1-13-6-14(2-4-19(23(27,28)29)16-7-17(24)9-18(25)8-16)10-31-21(13)22(33)32-12-15-3-5-20(26)30-11-15/h2-11,19H,12H2,1H3,(H,32,33)/b4-2+. The Kier molecular flexibility index (Phi) is 8.00. The SMILES string of the molecule is Cc1cc(/C=C/C(c2cc(Cl)cc(Cl)c2)C(F)(F)F)cnc1C(=O)NCc1ccc(Cl)nc1. The van der Waals surface area contributed by atoms with Gasteiger partial charge in [0.1, 0.15) is 10.8 Å². The van der Waals surface area contributed by atoms with Crippen LogP contribution in [0.25, 0.3) is 6.08 Å². The van der Waals surface area contributed by atoms with Crippen molar-refractivity contribution in [2.24, 2.45) is 0 Å². The molecule has 2 heterocycles. The zero-order chi connectivity index (χ0) is 24.2. The summed E-state index contributed by atoms with van der Waals surface area (Å²) < 4.78 is 41.0. The molecule has 3 rings (SSSR count). The highest BCUT2D eigenvalue weighted by Gasteiger charge is 2.39. The van der Waals surface area contributed by atoms with Crippen molar-refractivity contribution >= 4 is 46.8 Å². The van der Waals surface area contributed by atoms with E-state index in [-0.39, 0.29) is 27.8 Å². The number of carbonyl (C=O) groups is 1. The molecule has 0 aliphatic carbocycles. The van der Waals surface area contributed by atoms with Gasteiger partial charge in [0, 0.05) is 29.0 Å². The maximum absolute atomic E-state index is 13.7. The smallest absolute Gasteiger partial charge is 0.347 e. The van der Waals surface area contributed by atoms with Crippen LogP contribution in [0.5, 0.6) is 0 Å². The fourth-order valence-corrected chi connectivity index (χ4v) is 3.73. The summed E-state index contributed by atoms with van der Waals surface area (Å²) in [6, 6.07) is 8.74. The third-order valence-electron chi connectivity index (χ3n) is 4.63. The molecule has 1 atom stereocenters. The normalized spacial score (nSPS) is 12.7. The van der Waals surface area contributed by atoms with Gasteiger partial charge >= 0.3 is 6.18 Å². The Morgan fingerprint density at radius 1 is 1.06 bits per heavy atom. The molecule has 0 radical (unpaired) electrons. The van der Waals surface area contributed by atoms with E-state index in [1.807, 2.05) is 0 Å². The molecule has 0 spiro atoms. The first kappa shape index (κ1) is 25.0. The van der Waals surface area contributed by atoms with Gasteiger partial charge in [-0.05, 0) is 59.5 Å². The fraction of sp³-hybridized carbons (Fsp3) is 0.174. The minimum Gasteiger partial charge on any atom is -0.347 e. The van der Waals surface area contributed by atoms with Crippen molar-refractivity contribution in [2.45, 2.75) is 25.6 Å². The topological polar surface area (TPSA) is 54.9 Å². The van der Waals surface area contributed by atoms with E-state index in [0.717, 1.165) is 11.6 Å². The lowest BCUT2D eigenvalue weighted by atomic mass is 9.97. The van der Waals surface area contributed by atoms with Crippen LogP contribution in [0.15, 0.2) is 54.9 Å². The van der Waals surface area contributed by atoms with Crippen LogP contribution in [0.4, 0.5) is 13.2 Å². The van der Waals surface area contributed by atoms with Crippen molar-refractivity contribution in [3.8, 4) is 0 Å². The average molecular weight is 515 g/mol. The van der Waals surface area contributed by atoms with E-state index >= 15 is 0 Å². The summed E-state index contributed by atoms with van der Waals surface area (Å²) >= 11 is 17.5. The highest BCUT2D eigenvalue weighted by atomic mass is 35.5. The molecule has 4 nitrogen and oxygen atoms in total. The number of amides is 1. The van der Waals surface area contributed by atoms with E-state index < -0.39 is 18.0 Å². The molecule has 0 fully saturated rings. The van der Waals surface area contributed by atoms with Gasteiger partial charge in [-0.25, -0.2) is 4.98 Å². The van der Waals surface area contributed by atoms with Gasteiger partial charge in [-0.3, -0.25) is 9.78 Å². The van der Waals surface area contributed by atoms with Gasteiger partial charge in [0.05, 0.1) is 5.92 Å². The molecule has 172 valence electrons. The summed E-state index contributed by atoms with van der Waals surface area (Å²) in [5.41, 5.74) is 1.77. The van der Waals surface area contributed by atoms with Crippen molar-refractivity contribution in [1.29, 1.82) is 0 Å². The number of alkyl halides is 3. The molecule has 1 N–H and O–H groups in total. The molecule has 10 heteroatoms. The molecule has 0 bridgehead atoms. The molecule has 0 aliphatic heterocycles. The van der Waals surface area contributed by atoms with E-state index in [1.54, 1.807) is 31.3 Å². The second-order valence-corrected chi connectivity index (χ2v) is 8.45. The monoisotopic (exact) mass is 513 g/mol. The highest BCUT2D eigenvalue weighted by Crippen LogP contribution is 2.38. The first-order chi connectivity index (χ1) is 15.5. The molecule has 33 heavy (non-hydrogen) atoms. The lowest BCUT2D eigenvalue weighted by Gasteiger charge is -2.18. The third-order valence-corrected chi connectivity index (χ3v) is 5.29. The van der Waals surface area contributed by atoms with Gasteiger partial charge < -0.3 is 5.32 Å². The average Bonchev–Trinajstić information content (AvgIpc) is 2.71. The zero-order valence-electron chi connectivity index (χ0n) is 17.1. The van der Waals surface area contributed by atoms with E-state index in [2.05, 4.69) is 15.3 Å². The molecule has 3 aromatic rings. The maximum Gasteiger partial charge on any atom is 0.399 e. The predicted molar refractivity (Wildman–Crippen MR) is 124 cm³/mol. The Morgan fingerprint density at radius 2 is 1.76 bits per heavy atom. The Bertz CT molecular complexity index is 1160. The summed E-state index contributed by atoms with van der Waals surface area (Å²) in [5.74, 6) is -2.33.